The van der Waals surface area contributed by atoms with Crippen molar-refractivity contribution >= 4 is 6.09 Å². The van der Waals surface area contributed by atoms with E-state index in [0.717, 1.165) is 13.1 Å². The van der Waals surface area contributed by atoms with Crippen molar-refractivity contribution in [2.75, 3.05) is 26.2 Å². The molecule has 0 radical (unpaired) electrons. The molecule has 0 atom stereocenters. The van der Waals surface area contributed by atoms with E-state index in [1.807, 2.05) is 0 Å². The molecule has 1 saturated heterocycles. The van der Waals surface area contributed by atoms with Gasteiger partial charge in [0, 0.05) is 26.2 Å². The number of carbonyl (C=O) groups excluding carboxylic acids is 1. The highest BCUT2D eigenvalue weighted by atomic mass is 16.6. The molecule has 0 bridgehead atoms. The predicted molar refractivity (Wildman–Crippen MR) is 65.8 cm³/mol. The zero-order valence-electron chi connectivity index (χ0n) is 10.7. The average Bonchev–Trinajstić information content (AvgIpc) is 3.19. The first kappa shape index (κ1) is 12.7. The molecule has 0 saturated carbocycles. The van der Waals surface area contributed by atoms with E-state index in [1.165, 1.54) is 25.3 Å². The Hall–Kier alpha value is -2.35. The van der Waals surface area contributed by atoms with E-state index in [0.29, 0.717) is 24.5 Å². The van der Waals surface area contributed by atoms with Crippen molar-refractivity contribution in [3.8, 4) is 0 Å². The Kier molecular flexibility index (Phi) is 3.64. The summed E-state index contributed by atoms with van der Waals surface area (Å²) in [4.78, 5) is 21.8. The number of ether oxygens (including phenoxy) is 1. The van der Waals surface area contributed by atoms with Gasteiger partial charge in [0.1, 0.15) is 23.9 Å². The third-order valence-corrected chi connectivity index (χ3v) is 3.03. The Morgan fingerprint density at radius 2 is 1.80 bits per heavy atom. The highest BCUT2D eigenvalue weighted by molar-refractivity contribution is 5.68. The molecular formula is C12H14N4O4. The van der Waals surface area contributed by atoms with Crippen LogP contribution in [-0.2, 0) is 4.74 Å². The van der Waals surface area contributed by atoms with Crippen molar-refractivity contribution in [3.05, 3.63) is 36.7 Å². The van der Waals surface area contributed by atoms with Crippen molar-refractivity contribution in [1.29, 1.82) is 0 Å². The van der Waals surface area contributed by atoms with Gasteiger partial charge in [0.2, 0.25) is 0 Å². The Bertz CT molecular complexity index is 500. The van der Waals surface area contributed by atoms with Gasteiger partial charge in [-0.15, -0.1) is 0 Å². The van der Waals surface area contributed by atoms with Crippen LogP contribution in [0.2, 0.25) is 0 Å². The van der Waals surface area contributed by atoms with E-state index in [-0.39, 0.29) is 0 Å². The van der Waals surface area contributed by atoms with Crippen molar-refractivity contribution in [2.45, 2.75) is 6.10 Å². The minimum atomic E-state index is -0.727. The van der Waals surface area contributed by atoms with E-state index in [1.54, 1.807) is 4.90 Å². The first-order chi connectivity index (χ1) is 9.84. The summed E-state index contributed by atoms with van der Waals surface area (Å²) in [5, 5.41) is 3.17. The lowest BCUT2D eigenvalue weighted by atomic mass is 10.2. The Morgan fingerprint density at radius 3 is 2.30 bits per heavy atom. The van der Waals surface area contributed by atoms with Crippen LogP contribution in [0.4, 0.5) is 4.79 Å². The van der Waals surface area contributed by atoms with Crippen LogP contribution in [0, 0.1) is 0 Å². The molecule has 8 heteroatoms. The van der Waals surface area contributed by atoms with Crippen LogP contribution in [0.25, 0.3) is 0 Å². The molecule has 106 valence electrons. The molecule has 3 rings (SSSR count). The summed E-state index contributed by atoms with van der Waals surface area (Å²) in [5.41, 5.74) is 0.949. The number of rotatable bonds is 3. The first-order valence-electron chi connectivity index (χ1n) is 6.27. The number of nitrogens with one attached hydrogen (secondary N) is 1. The second kappa shape index (κ2) is 5.74. The molecule has 1 N–H and O–H groups in total. The zero-order chi connectivity index (χ0) is 13.8. The molecule has 8 nitrogen and oxygen atoms in total. The Balaban J connectivity index is 1.75. The highest BCUT2D eigenvalue weighted by Crippen LogP contribution is 2.24. The lowest BCUT2D eigenvalue weighted by Crippen LogP contribution is -2.46. The first-order valence-corrected chi connectivity index (χ1v) is 6.27. The van der Waals surface area contributed by atoms with Gasteiger partial charge in [-0.05, 0) is 0 Å². The van der Waals surface area contributed by atoms with Crippen LogP contribution in [0.3, 0.4) is 0 Å². The predicted octanol–water partition coefficient (Wildman–Crippen LogP) is 0.794. The molecule has 1 fully saturated rings. The van der Waals surface area contributed by atoms with Gasteiger partial charge in [-0.3, -0.25) is 0 Å². The molecule has 0 aromatic carbocycles. The molecule has 1 aliphatic rings. The molecule has 1 amide bonds. The van der Waals surface area contributed by atoms with Gasteiger partial charge in [-0.2, -0.15) is 0 Å². The molecule has 2 aromatic heterocycles. The maximum atomic E-state index is 12.2. The van der Waals surface area contributed by atoms with Gasteiger partial charge in [0.25, 0.3) is 0 Å². The maximum absolute atomic E-state index is 12.2. The fourth-order valence-corrected chi connectivity index (χ4v) is 2.00. The molecule has 2 aromatic rings. The fourth-order valence-electron chi connectivity index (χ4n) is 2.00. The van der Waals surface area contributed by atoms with E-state index >= 15 is 0 Å². The average molecular weight is 278 g/mol. The number of piperazine rings is 1. The number of hydrogen-bond acceptors (Lipinski definition) is 7. The Labute approximate surface area is 114 Å². The molecule has 0 spiro atoms. The SMILES string of the molecule is O=C(OC(c1cocn1)c1cocn1)N1CCNCC1. The largest absolute Gasteiger partial charge is 0.451 e. The number of nitrogens with zero attached hydrogens (tertiary/aromatic N) is 3. The monoisotopic (exact) mass is 278 g/mol. The number of hydrogen-bond donors (Lipinski definition) is 1. The molecule has 1 aliphatic heterocycles. The van der Waals surface area contributed by atoms with Crippen LogP contribution in [0.1, 0.15) is 17.5 Å². The maximum Gasteiger partial charge on any atom is 0.410 e. The van der Waals surface area contributed by atoms with Crippen LogP contribution < -0.4 is 5.32 Å². The van der Waals surface area contributed by atoms with Crippen LogP contribution >= 0.6 is 0 Å². The van der Waals surface area contributed by atoms with Crippen molar-refractivity contribution in [2.24, 2.45) is 0 Å². The number of carbonyl (C=O) groups is 1. The zero-order valence-corrected chi connectivity index (χ0v) is 10.7. The van der Waals surface area contributed by atoms with Gasteiger partial charge >= 0.3 is 6.09 Å². The van der Waals surface area contributed by atoms with Crippen LogP contribution in [0.15, 0.2) is 34.1 Å². The fraction of sp³-hybridized carbons (Fsp3) is 0.417. The van der Waals surface area contributed by atoms with Gasteiger partial charge in [-0.25, -0.2) is 14.8 Å². The molecule has 0 aliphatic carbocycles. The van der Waals surface area contributed by atoms with Gasteiger partial charge < -0.3 is 23.8 Å². The highest BCUT2D eigenvalue weighted by Gasteiger charge is 2.27. The van der Waals surface area contributed by atoms with E-state index in [4.69, 9.17) is 13.6 Å². The Morgan fingerprint density at radius 1 is 1.20 bits per heavy atom. The topological polar surface area (TPSA) is 93.6 Å². The summed E-state index contributed by atoms with van der Waals surface area (Å²) in [6.45, 7) is 2.74. The minimum Gasteiger partial charge on any atom is -0.451 e. The van der Waals surface area contributed by atoms with E-state index in [9.17, 15) is 4.79 Å². The van der Waals surface area contributed by atoms with Crippen molar-refractivity contribution in [1.82, 2.24) is 20.2 Å². The second-order valence-electron chi connectivity index (χ2n) is 4.33. The van der Waals surface area contributed by atoms with E-state index in [2.05, 4.69) is 15.3 Å². The summed E-state index contributed by atoms with van der Waals surface area (Å²) in [7, 11) is 0. The number of amides is 1. The van der Waals surface area contributed by atoms with Gasteiger partial charge in [0.05, 0.1) is 0 Å². The molecular weight excluding hydrogens is 264 g/mol. The van der Waals surface area contributed by atoms with E-state index < -0.39 is 12.2 Å². The van der Waals surface area contributed by atoms with Gasteiger partial charge in [0.15, 0.2) is 18.9 Å². The molecule has 20 heavy (non-hydrogen) atoms. The normalized spacial score (nSPS) is 15.6. The minimum absolute atomic E-state index is 0.400. The third-order valence-electron chi connectivity index (χ3n) is 3.03. The quantitative estimate of drug-likeness (QED) is 0.887. The smallest absolute Gasteiger partial charge is 0.410 e. The molecule has 3 heterocycles. The van der Waals surface area contributed by atoms with Crippen LogP contribution in [-0.4, -0.2) is 47.1 Å². The summed E-state index contributed by atoms with van der Waals surface area (Å²) >= 11 is 0. The van der Waals surface area contributed by atoms with Crippen LogP contribution in [0.5, 0.6) is 0 Å². The van der Waals surface area contributed by atoms with Crippen molar-refractivity contribution in [3.63, 3.8) is 0 Å². The lowest BCUT2D eigenvalue weighted by molar-refractivity contribution is 0.0707. The standard InChI is InChI=1S/C12H14N4O4/c17-12(16-3-1-13-2-4-16)20-11(9-5-18-7-14-9)10-6-19-8-15-10/h5-8,11,13H,1-4H2. The van der Waals surface area contributed by atoms with Gasteiger partial charge in [-0.1, -0.05) is 0 Å². The summed E-state index contributed by atoms with van der Waals surface area (Å²) in [6.07, 6.45) is 4.27. The van der Waals surface area contributed by atoms with Crippen molar-refractivity contribution < 1.29 is 18.4 Å². The lowest BCUT2D eigenvalue weighted by Gasteiger charge is -2.27. The summed E-state index contributed by atoms with van der Waals surface area (Å²) in [6, 6.07) is 0. The number of oxazole rings is 2. The molecule has 0 unspecified atom stereocenters. The number of aromatic nitrogens is 2. The third kappa shape index (κ3) is 2.64. The summed E-state index contributed by atoms with van der Waals surface area (Å²) in [5.74, 6) is 0. The summed E-state index contributed by atoms with van der Waals surface area (Å²) < 4.78 is 15.4. The second-order valence-corrected chi connectivity index (χ2v) is 4.33.